The van der Waals surface area contributed by atoms with Gasteiger partial charge in [-0.15, -0.1) is 0 Å². The first-order chi connectivity index (χ1) is 14.0. The van der Waals surface area contributed by atoms with Gasteiger partial charge in [0.25, 0.3) is 5.91 Å². The molecule has 0 saturated heterocycles. The van der Waals surface area contributed by atoms with E-state index in [0.717, 1.165) is 17.5 Å². The summed E-state index contributed by atoms with van der Waals surface area (Å²) in [5, 5.41) is 4.95. The van der Waals surface area contributed by atoms with Gasteiger partial charge in [-0.1, -0.05) is 30.1 Å². The Hall–Kier alpha value is -2.04. The zero-order valence-electron chi connectivity index (χ0n) is 18.4. The highest BCUT2D eigenvalue weighted by Crippen LogP contribution is 2.45. The van der Waals surface area contributed by atoms with Crippen LogP contribution in [0.1, 0.15) is 74.0 Å². The molecule has 0 fully saturated rings. The number of fused-ring (bicyclic) bond motifs is 1. The van der Waals surface area contributed by atoms with Gasteiger partial charge in [-0.05, 0) is 94.0 Å². The van der Waals surface area contributed by atoms with Crippen LogP contribution < -0.4 is 10.3 Å². The standard InChI is InChI=1S/C24H29Cl2N3O/c1-14(2)29-22-9-15(3)17(10-20(22)16(4)12-24(29,5)6)13-27-28-23(30)19-8-7-18(25)11-21(19)26/h7-11,13-14,16H,12H2,1-6H3,(H,28,30)/b27-13-/t16-/m0/s1. The number of amides is 1. The highest BCUT2D eigenvalue weighted by Gasteiger charge is 2.37. The number of rotatable bonds is 4. The van der Waals surface area contributed by atoms with Gasteiger partial charge in [-0.3, -0.25) is 4.79 Å². The molecule has 6 heteroatoms. The first kappa shape index (κ1) is 22.6. The minimum absolute atomic E-state index is 0.106. The van der Waals surface area contributed by atoms with Gasteiger partial charge in [-0.25, -0.2) is 5.43 Å². The molecule has 0 aromatic heterocycles. The molecular weight excluding hydrogens is 417 g/mol. The minimum Gasteiger partial charge on any atom is -0.364 e. The lowest BCUT2D eigenvalue weighted by molar-refractivity contribution is 0.0955. The van der Waals surface area contributed by atoms with Crippen molar-refractivity contribution in [2.75, 3.05) is 4.90 Å². The van der Waals surface area contributed by atoms with Gasteiger partial charge in [0.1, 0.15) is 0 Å². The largest absolute Gasteiger partial charge is 0.364 e. The average Bonchev–Trinajstić information content (AvgIpc) is 2.61. The summed E-state index contributed by atoms with van der Waals surface area (Å²) < 4.78 is 0. The Morgan fingerprint density at radius 3 is 2.60 bits per heavy atom. The number of carbonyl (C=O) groups is 1. The predicted octanol–water partition coefficient (Wildman–Crippen LogP) is 6.57. The second kappa shape index (κ2) is 8.60. The third-order valence-electron chi connectivity index (χ3n) is 5.73. The van der Waals surface area contributed by atoms with Crippen molar-refractivity contribution in [3.63, 3.8) is 0 Å². The van der Waals surface area contributed by atoms with E-state index in [1.807, 2.05) is 0 Å². The molecule has 30 heavy (non-hydrogen) atoms. The lowest BCUT2D eigenvalue weighted by atomic mass is 9.78. The van der Waals surface area contributed by atoms with Crippen molar-refractivity contribution in [3.05, 3.63) is 62.6 Å². The Bertz CT molecular complexity index is 998. The van der Waals surface area contributed by atoms with Crippen molar-refractivity contribution in [2.45, 2.75) is 65.5 Å². The van der Waals surface area contributed by atoms with Crippen molar-refractivity contribution in [1.82, 2.24) is 5.43 Å². The number of nitrogens with one attached hydrogen (secondary N) is 1. The zero-order valence-corrected chi connectivity index (χ0v) is 19.9. The molecule has 0 spiro atoms. The van der Waals surface area contributed by atoms with Gasteiger partial charge in [-0.2, -0.15) is 5.10 Å². The number of hydrazone groups is 1. The molecule has 1 aliphatic rings. The maximum Gasteiger partial charge on any atom is 0.272 e. The topological polar surface area (TPSA) is 44.7 Å². The molecule has 1 atom stereocenters. The van der Waals surface area contributed by atoms with Crippen LogP contribution in [0.2, 0.25) is 10.0 Å². The van der Waals surface area contributed by atoms with Gasteiger partial charge < -0.3 is 4.90 Å². The van der Waals surface area contributed by atoms with Crippen molar-refractivity contribution in [2.24, 2.45) is 5.10 Å². The van der Waals surface area contributed by atoms with Crippen molar-refractivity contribution >= 4 is 41.0 Å². The molecule has 0 aliphatic carbocycles. The average molecular weight is 446 g/mol. The van der Waals surface area contributed by atoms with E-state index in [1.54, 1.807) is 24.4 Å². The fourth-order valence-electron chi connectivity index (χ4n) is 4.62. The Kier molecular flexibility index (Phi) is 6.49. The highest BCUT2D eigenvalue weighted by atomic mass is 35.5. The van der Waals surface area contributed by atoms with Crippen LogP contribution in [0.25, 0.3) is 0 Å². The van der Waals surface area contributed by atoms with Crippen molar-refractivity contribution in [1.29, 1.82) is 0 Å². The third-order valence-corrected chi connectivity index (χ3v) is 6.27. The fourth-order valence-corrected chi connectivity index (χ4v) is 5.12. The van der Waals surface area contributed by atoms with E-state index < -0.39 is 0 Å². The molecule has 0 radical (unpaired) electrons. The first-order valence-corrected chi connectivity index (χ1v) is 11.0. The van der Waals surface area contributed by atoms with Crippen molar-refractivity contribution in [3.8, 4) is 0 Å². The monoisotopic (exact) mass is 445 g/mol. The number of benzene rings is 2. The van der Waals surface area contributed by atoms with Crippen LogP contribution in [0.3, 0.4) is 0 Å². The van der Waals surface area contributed by atoms with Gasteiger partial charge in [0, 0.05) is 22.3 Å². The number of halogens is 2. The van der Waals surface area contributed by atoms with Crippen LogP contribution in [0.4, 0.5) is 5.69 Å². The molecule has 4 nitrogen and oxygen atoms in total. The van der Waals surface area contributed by atoms with Gasteiger partial charge in [0.2, 0.25) is 0 Å². The van der Waals surface area contributed by atoms with Crippen LogP contribution >= 0.6 is 23.2 Å². The van der Waals surface area contributed by atoms with Gasteiger partial charge in [0.15, 0.2) is 0 Å². The number of nitrogens with zero attached hydrogens (tertiary/aromatic N) is 2. The Morgan fingerprint density at radius 1 is 1.27 bits per heavy atom. The SMILES string of the molecule is Cc1cc2c(cc1/C=N\NC(=O)c1ccc(Cl)cc1Cl)[C@@H](C)CC(C)(C)N2C(C)C. The molecule has 1 amide bonds. The van der Waals surface area contributed by atoms with Gasteiger partial charge in [0.05, 0.1) is 16.8 Å². The summed E-state index contributed by atoms with van der Waals surface area (Å²) >= 11 is 12.0. The molecule has 0 unspecified atom stereocenters. The van der Waals surface area contributed by atoms with Crippen LogP contribution in [0.15, 0.2) is 35.4 Å². The summed E-state index contributed by atoms with van der Waals surface area (Å²) in [4.78, 5) is 14.9. The summed E-state index contributed by atoms with van der Waals surface area (Å²) in [5.41, 5.74) is 7.72. The summed E-state index contributed by atoms with van der Waals surface area (Å²) in [7, 11) is 0. The summed E-state index contributed by atoms with van der Waals surface area (Å²) in [5.74, 6) is 0.0739. The lowest BCUT2D eigenvalue weighted by Gasteiger charge is -2.50. The van der Waals surface area contributed by atoms with Crippen LogP contribution in [-0.4, -0.2) is 23.7 Å². The molecule has 3 rings (SSSR count). The summed E-state index contributed by atoms with van der Waals surface area (Å²) in [6.07, 6.45) is 2.78. The minimum atomic E-state index is -0.371. The maximum absolute atomic E-state index is 12.4. The summed E-state index contributed by atoms with van der Waals surface area (Å²) in [6.45, 7) is 13.5. The number of anilines is 1. The van der Waals surface area contributed by atoms with Crippen LogP contribution in [0.5, 0.6) is 0 Å². The van der Waals surface area contributed by atoms with E-state index in [0.29, 0.717) is 27.6 Å². The number of aryl methyl sites for hydroxylation is 1. The Balaban J connectivity index is 1.86. The predicted molar refractivity (Wildman–Crippen MR) is 127 cm³/mol. The van der Waals surface area contributed by atoms with E-state index >= 15 is 0 Å². The van der Waals surface area contributed by atoms with Crippen LogP contribution in [0, 0.1) is 6.92 Å². The lowest BCUT2D eigenvalue weighted by Crippen LogP contribution is -2.51. The second-order valence-corrected chi connectivity index (χ2v) is 9.82. The van der Waals surface area contributed by atoms with Crippen LogP contribution in [-0.2, 0) is 0 Å². The molecule has 0 bridgehead atoms. The molecule has 1 heterocycles. The Morgan fingerprint density at radius 2 is 1.97 bits per heavy atom. The number of carbonyl (C=O) groups excluding carboxylic acids is 1. The smallest absolute Gasteiger partial charge is 0.272 e. The van der Waals surface area contributed by atoms with E-state index in [4.69, 9.17) is 23.2 Å². The number of hydrogen-bond donors (Lipinski definition) is 1. The third kappa shape index (κ3) is 4.50. The highest BCUT2D eigenvalue weighted by molar-refractivity contribution is 6.36. The van der Waals surface area contributed by atoms with E-state index in [1.165, 1.54) is 11.3 Å². The van der Waals surface area contributed by atoms with E-state index in [-0.39, 0.29) is 11.4 Å². The Labute approximate surface area is 189 Å². The molecule has 1 N–H and O–H groups in total. The molecule has 1 aliphatic heterocycles. The molecule has 0 saturated carbocycles. The normalized spacial score (nSPS) is 18.0. The fraction of sp³-hybridized carbons (Fsp3) is 0.417. The zero-order chi connectivity index (χ0) is 22.2. The van der Waals surface area contributed by atoms with E-state index in [9.17, 15) is 4.79 Å². The van der Waals surface area contributed by atoms with E-state index in [2.05, 4.69) is 69.1 Å². The van der Waals surface area contributed by atoms with Gasteiger partial charge >= 0.3 is 0 Å². The molecule has 2 aromatic rings. The maximum atomic E-state index is 12.4. The summed E-state index contributed by atoms with van der Waals surface area (Å²) in [6, 6.07) is 9.61. The quantitative estimate of drug-likeness (QED) is 0.427. The molecular formula is C24H29Cl2N3O. The molecule has 2 aromatic carbocycles. The first-order valence-electron chi connectivity index (χ1n) is 10.2. The number of hydrogen-bond acceptors (Lipinski definition) is 3. The molecule has 160 valence electrons. The second-order valence-electron chi connectivity index (χ2n) is 8.97. The van der Waals surface area contributed by atoms with Crippen molar-refractivity contribution < 1.29 is 4.79 Å².